The van der Waals surface area contributed by atoms with E-state index in [1.54, 1.807) is 0 Å². The molecule has 1 rings (SSSR count). The van der Waals surface area contributed by atoms with Gasteiger partial charge in [-0.1, -0.05) is 15.9 Å². The standard InChI is InChI=1S/C10H9BrF3NO2/c1-15-9(16)7-4-6(11)2-3-8(7)17-5-10(12,13)14/h2-4H,5H2,1H3,(H,15,16). The van der Waals surface area contributed by atoms with E-state index in [0.29, 0.717) is 4.47 Å². The highest BCUT2D eigenvalue weighted by Crippen LogP contribution is 2.25. The summed E-state index contributed by atoms with van der Waals surface area (Å²) < 4.78 is 41.2. The van der Waals surface area contributed by atoms with Crippen LogP contribution in [0.3, 0.4) is 0 Å². The number of carbonyl (C=O) groups excluding carboxylic acids is 1. The van der Waals surface area contributed by atoms with Gasteiger partial charge in [0.25, 0.3) is 5.91 Å². The molecule has 0 saturated carbocycles. The molecule has 17 heavy (non-hydrogen) atoms. The Kier molecular flexibility index (Phi) is 4.39. The Labute approximate surface area is 104 Å². The van der Waals surface area contributed by atoms with Crippen LogP contribution < -0.4 is 10.1 Å². The first-order chi connectivity index (χ1) is 7.83. The van der Waals surface area contributed by atoms with Crippen molar-refractivity contribution in [2.24, 2.45) is 0 Å². The van der Waals surface area contributed by atoms with Gasteiger partial charge >= 0.3 is 6.18 Å². The lowest BCUT2D eigenvalue weighted by atomic mass is 10.2. The maximum Gasteiger partial charge on any atom is 0.422 e. The highest BCUT2D eigenvalue weighted by atomic mass is 79.9. The van der Waals surface area contributed by atoms with Crippen molar-refractivity contribution in [2.45, 2.75) is 6.18 Å². The molecule has 3 nitrogen and oxygen atoms in total. The molecule has 0 heterocycles. The number of amides is 1. The number of alkyl halides is 3. The molecule has 0 spiro atoms. The number of nitrogens with one attached hydrogen (secondary N) is 1. The molecule has 0 unspecified atom stereocenters. The molecule has 94 valence electrons. The topological polar surface area (TPSA) is 38.3 Å². The predicted molar refractivity (Wildman–Crippen MR) is 59.1 cm³/mol. The third kappa shape index (κ3) is 4.26. The van der Waals surface area contributed by atoms with E-state index in [2.05, 4.69) is 26.0 Å². The first-order valence-electron chi connectivity index (χ1n) is 4.54. The van der Waals surface area contributed by atoms with Crippen LogP contribution in [-0.2, 0) is 0 Å². The zero-order chi connectivity index (χ0) is 13.1. The fraction of sp³-hybridized carbons (Fsp3) is 0.300. The van der Waals surface area contributed by atoms with Crippen LogP contribution in [-0.4, -0.2) is 25.7 Å². The van der Waals surface area contributed by atoms with Gasteiger partial charge in [0.05, 0.1) is 5.56 Å². The van der Waals surface area contributed by atoms with E-state index >= 15 is 0 Å². The molecular weight excluding hydrogens is 303 g/mol. The Balaban J connectivity index is 2.94. The second kappa shape index (κ2) is 5.39. The van der Waals surface area contributed by atoms with Crippen LogP contribution >= 0.6 is 15.9 Å². The number of rotatable bonds is 3. The normalized spacial score (nSPS) is 11.1. The van der Waals surface area contributed by atoms with Gasteiger partial charge in [0.2, 0.25) is 0 Å². The smallest absolute Gasteiger partial charge is 0.422 e. The molecule has 1 amide bonds. The fourth-order valence-electron chi connectivity index (χ4n) is 1.10. The highest BCUT2D eigenvalue weighted by Gasteiger charge is 2.29. The number of benzene rings is 1. The summed E-state index contributed by atoms with van der Waals surface area (Å²) in [7, 11) is 1.39. The number of hydrogen-bond acceptors (Lipinski definition) is 2. The van der Waals surface area contributed by atoms with Gasteiger partial charge in [-0.05, 0) is 18.2 Å². The van der Waals surface area contributed by atoms with Crippen molar-refractivity contribution in [3.8, 4) is 5.75 Å². The Hall–Kier alpha value is -1.24. The number of carbonyl (C=O) groups is 1. The van der Waals surface area contributed by atoms with Crippen LogP contribution in [0, 0.1) is 0 Å². The van der Waals surface area contributed by atoms with Crippen molar-refractivity contribution in [1.29, 1.82) is 0 Å². The van der Waals surface area contributed by atoms with Gasteiger partial charge in [-0.25, -0.2) is 0 Å². The first-order valence-corrected chi connectivity index (χ1v) is 5.34. The summed E-state index contributed by atoms with van der Waals surface area (Å²) in [5.74, 6) is -0.617. The molecule has 0 bridgehead atoms. The van der Waals surface area contributed by atoms with Gasteiger partial charge < -0.3 is 10.1 Å². The summed E-state index contributed by atoms with van der Waals surface area (Å²) in [5.41, 5.74) is 0.0473. The molecule has 1 aromatic rings. The van der Waals surface area contributed by atoms with Crippen molar-refractivity contribution in [3.63, 3.8) is 0 Å². The highest BCUT2D eigenvalue weighted by molar-refractivity contribution is 9.10. The maximum absolute atomic E-state index is 12.0. The molecule has 0 radical (unpaired) electrons. The minimum absolute atomic E-state index is 0.0473. The Morgan fingerprint density at radius 1 is 1.47 bits per heavy atom. The minimum Gasteiger partial charge on any atom is -0.483 e. The van der Waals surface area contributed by atoms with Gasteiger partial charge in [0.1, 0.15) is 5.75 Å². The Morgan fingerprint density at radius 2 is 2.12 bits per heavy atom. The number of ether oxygens (including phenoxy) is 1. The maximum atomic E-state index is 12.0. The second-order valence-corrected chi connectivity index (χ2v) is 4.04. The minimum atomic E-state index is -4.44. The second-order valence-electron chi connectivity index (χ2n) is 3.12. The van der Waals surface area contributed by atoms with Crippen molar-refractivity contribution >= 4 is 21.8 Å². The monoisotopic (exact) mass is 311 g/mol. The van der Waals surface area contributed by atoms with Crippen molar-refractivity contribution < 1.29 is 22.7 Å². The molecule has 0 atom stereocenters. The van der Waals surface area contributed by atoms with Gasteiger partial charge in [-0.3, -0.25) is 4.79 Å². The molecule has 1 N–H and O–H groups in total. The summed E-state index contributed by atoms with van der Waals surface area (Å²) >= 11 is 3.13. The van der Waals surface area contributed by atoms with E-state index in [9.17, 15) is 18.0 Å². The Bertz CT molecular complexity index is 421. The molecule has 7 heteroatoms. The molecule has 0 aromatic heterocycles. The quantitative estimate of drug-likeness (QED) is 0.932. The lowest BCUT2D eigenvalue weighted by Gasteiger charge is -2.12. The van der Waals surface area contributed by atoms with Crippen molar-refractivity contribution in [3.05, 3.63) is 28.2 Å². The first kappa shape index (κ1) is 13.8. The van der Waals surface area contributed by atoms with Gasteiger partial charge in [-0.15, -0.1) is 0 Å². The van der Waals surface area contributed by atoms with E-state index in [-0.39, 0.29) is 11.3 Å². The molecule has 1 aromatic carbocycles. The fourth-order valence-corrected chi connectivity index (χ4v) is 1.46. The molecule has 0 aliphatic carbocycles. The summed E-state index contributed by atoms with van der Waals surface area (Å²) in [6.45, 7) is -1.43. The van der Waals surface area contributed by atoms with E-state index in [4.69, 9.17) is 0 Å². The zero-order valence-electron chi connectivity index (χ0n) is 8.77. The van der Waals surface area contributed by atoms with Crippen LogP contribution in [0.4, 0.5) is 13.2 Å². The van der Waals surface area contributed by atoms with E-state index in [0.717, 1.165) is 0 Å². The van der Waals surface area contributed by atoms with Crippen molar-refractivity contribution in [1.82, 2.24) is 5.32 Å². The van der Waals surface area contributed by atoms with Gasteiger partial charge in [0.15, 0.2) is 6.61 Å². The van der Waals surface area contributed by atoms with E-state index < -0.39 is 18.7 Å². The third-order valence-electron chi connectivity index (χ3n) is 1.80. The molecule has 0 aliphatic heterocycles. The molecule has 0 fully saturated rings. The summed E-state index contributed by atoms with van der Waals surface area (Å²) in [5, 5.41) is 2.33. The van der Waals surface area contributed by atoms with Gasteiger partial charge in [0, 0.05) is 11.5 Å². The van der Waals surface area contributed by atoms with Gasteiger partial charge in [-0.2, -0.15) is 13.2 Å². The number of halogens is 4. The summed E-state index contributed by atoms with van der Waals surface area (Å²) in [6, 6.07) is 4.20. The third-order valence-corrected chi connectivity index (χ3v) is 2.30. The molecule has 0 saturated heterocycles. The largest absolute Gasteiger partial charge is 0.483 e. The van der Waals surface area contributed by atoms with E-state index in [1.165, 1.54) is 25.2 Å². The average Bonchev–Trinajstić information content (AvgIpc) is 2.25. The zero-order valence-corrected chi connectivity index (χ0v) is 10.4. The van der Waals surface area contributed by atoms with Crippen molar-refractivity contribution in [2.75, 3.05) is 13.7 Å². The lowest BCUT2D eigenvalue weighted by molar-refractivity contribution is -0.153. The molecule has 0 aliphatic rings. The summed E-state index contributed by atoms with van der Waals surface area (Å²) in [6.07, 6.45) is -4.44. The Morgan fingerprint density at radius 3 is 2.65 bits per heavy atom. The SMILES string of the molecule is CNC(=O)c1cc(Br)ccc1OCC(F)(F)F. The van der Waals surface area contributed by atoms with Crippen LogP contribution in [0.5, 0.6) is 5.75 Å². The van der Waals surface area contributed by atoms with Crippen LogP contribution in [0.2, 0.25) is 0 Å². The predicted octanol–water partition coefficient (Wildman–Crippen LogP) is 2.75. The summed E-state index contributed by atoms with van der Waals surface area (Å²) in [4.78, 5) is 11.4. The van der Waals surface area contributed by atoms with Crippen LogP contribution in [0.15, 0.2) is 22.7 Å². The average molecular weight is 312 g/mol. The van der Waals surface area contributed by atoms with Crippen LogP contribution in [0.1, 0.15) is 10.4 Å². The van der Waals surface area contributed by atoms with Crippen LogP contribution in [0.25, 0.3) is 0 Å². The van der Waals surface area contributed by atoms with E-state index in [1.807, 2.05) is 0 Å². The molecular formula is C10H9BrF3NO2. The number of hydrogen-bond donors (Lipinski definition) is 1. The lowest BCUT2D eigenvalue weighted by Crippen LogP contribution is -2.22.